The lowest BCUT2D eigenvalue weighted by Gasteiger charge is -2.45. The van der Waals surface area contributed by atoms with Gasteiger partial charge in [0.2, 0.25) is 0 Å². The molecule has 1 aromatic carbocycles. The summed E-state index contributed by atoms with van der Waals surface area (Å²) in [5, 5.41) is 6.85. The Bertz CT molecular complexity index is 1340. The predicted molar refractivity (Wildman–Crippen MR) is 152 cm³/mol. The third-order valence-electron chi connectivity index (χ3n) is 7.87. The predicted octanol–water partition coefficient (Wildman–Crippen LogP) is 4.56. The summed E-state index contributed by atoms with van der Waals surface area (Å²) >= 11 is 7.60. The number of hydrogen-bond donors (Lipinski definition) is 3. The van der Waals surface area contributed by atoms with Gasteiger partial charge in [0.25, 0.3) is 0 Å². The van der Waals surface area contributed by atoms with Gasteiger partial charge < -0.3 is 16.4 Å². The maximum atomic E-state index is 12.3. The largest absolute Gasteiger partial charge is 0.382 e. The first-order chi connectivity index (χ1) is 17.6. The number of halogens is 1. The summed E-state index contributed by atoms with van der Waals surface area (Å²) in [5.74, 6) is 1.71. The normalized spacial score (nSPS) is 19.7. The second-order valence-electron chi connectivity index (χ2n) is 10.6. The van der Waals surface area contributed by atoms with Crippen LogP contribution in [-0.2, 0) is 17.4 Å². The highest BCUT2D eigenvalue weighted by molar-refractivity contribution is 7.99. The van der Waals surface area contributed by atoms with Crippen LogP contribution in [0.15, 0.2) is 52.6 Å². The van der Waals surface area contributed by atoms with Crippen molar-refractivity contribution in [1.29, 1.82) is 0 Å². The van der Waals surface area contributed by atoms with Crippen molar-refractivity contribution in [3.8, 4) is 0 Å². The third-order valence-corrected chi connectivity index (χ3v) is 10.7. The van der Waals surface area contributed by atoms with E-state index < -0.39 is 15.7 Å². The summed E-state index contributed by atoms with van der Waals surface area (Å²) in [4.78, 5) is 16.2. The summed E-state index contributed by atoms with van der Waals surface area (Å²) in [6.45, 7) is 5.73. The fourth-order valence-electron chi connectivity index (χ4n) is 5.71. The number of aromatic nitrogens is 3. The van der Waals surface area contributed by atoms with Gasteiger partial charge in [0.1, 0.15) is 16.7 Å². The van der Waals surface area contributed by atoms with Gasteiger partial charge in [-0.15, -0.1) is 0 Å². The van der Waals surface area contributed by atoms with Gasteiger partial charge in [-0.1, -0.05) is 47.6 Å². The standard InChI is InChI=1S/C26H32ClN7OS2/c1-25(2,37(30)35)14-18-17-6-4-3-5-16(17)13-26(18)8-11-34(12-9-26)20-15-32-24(23(29)33-20)36-19-7-10-31-22(28)21(19)27/h3-7,10,15,18H,8-9,11-14,30H2,1-2H3,(H2,28,31)(H2,29,33)/t18-,37?/m1/s1. The van der Waals surface area contributed by atoms with Crippen molar-refractivity contribution in [2.45, 2.75) is 60.1 Å². The minimum atomic E-state index is -1.39. The van der Waals surface area contributed by atoms with Crippen LogP contribution in [0.1, 0.15) is 50.2 Å². The number of rotatable bonds is 6. The van der Waals surface area contributed by atoms with Crippen LogP contribution >= 0.6 is 23.4 Å². The minimum Gasteiger partial charge on any atom is -0.382 e. The Morgan fingerprint density at radius 2 is 1.89 bits per heavy atom. The van der Waals surface area contributed by atoms with Gasteiger partial charge in [-0.2, -0.15) is 0 Å². The first kappa shape index (κ1) is 26.2. The molecule has 3 aromatic rings. The molecule has 2 atom stereocenters. The van der Waals surface area contributed by atoms with E-state index in [1.54, 1.807) is 18.5 Å². The quantitative estimate of drug-likeness (QED) is 0.401. The number of anilines is 3. The van der Waals surface area contributed by atoms with Crippen LogP contribution < -0.4 is 21.5 Å². The maximum Gasteiger partial charge on any atom is 0.158 e. The molecule has 0 amide bonds. The van der Waals surface area contributed by atoms with Gasteiger partial charge in [-0.3, -0.25) is 5.14 Å². The summed E-state index contributed by atoms with van der Waals surface area (Å²) in [6, 6.07) is 10.5. The van der Waals surface area contributed by atoms with Crippen molar-refractivity contribution in [1.82, 2.24) is 15.0 Å². The lowest BCUT2D eigenvalue weighted by atomic mass is 9.67. The molecule has 1 aliphatic heterocycles. The average molecular weight is 558 g/mol. The Morgan fingerprint density at radius 3 is 2.59 bits per heavy atom. The highest BCUT2D eigenvalue weighted by Gasteiger charge is 2.49. The van der Waals surface area contributed by atoms with Gasteiger partial charge in [0, 0.05) is 24.2 Å². The smallest absolute Gasteiger partial charge is 0.158 e. The number of nitrogen functional groups attached to an aromatic ring is 2. The highest BCUT2D eigenvalue weighted by atomic mass is 35.5. The van der Waals surface area contributed by atoms with Crippen LogP contribution in [0.2, 0.25) is 5.02 Å². The summed E-state index contributed by atoms with van der Waals surface area (Å²) in [7, 11) is -1.39. The van der Waals surface area contributed by atoms with Crippen LogP contribution in [0.5, 0.6) is 0 Å². The molecule has 0 saturated carbocycles. The number of hydrogen-bond acceptors (Lipinski definition) is 8. The minimum absolute atomic E-state index is 0.115. The Labute approximate surface area is 229 Å². The van der Waals surface area contributed by atoms with Crippen molar-refractivity contribution < 1.29 is 4.21 Å². The third kappa shape index (κ3) is 5.04. The molecular formula is C26H32ClN7OS2. The maximum absolute atomic E-state index is 12.3. The first-order valence-electron chi connectivity index (χ1n) is 12.3. The lowest BCUT2D eigenvalue weighted by Crippen LogP contribution is -2.45. The number of nitrogens with two attached hydrogens (primary N) is 3. The van der Waals surface area contributed by atoms with Gasteiger partial charge >= 0.3 is 0 Å². The molecule has 2 aromatic heterocycles. The van der Waals surface area contributed by atoms with Crippen LogP contribution in [0.25, 0.3) is 0 Å². The van der Waals surface area contributed by atoms with Crippen LogP contribution in [0.3, 0.4) is 0 Å². The van der Waals surface area contributed by atoms with E-state index in [4.69, 9.17) is 28.2 Å². The Morgan fingerprint density at radius 1 is 1.16 bits per heavy atom. The zero-order valence-corrected chi connectivity index (χ0v) is 23.4. The lowest BCUT2D eigenvalue weighted by molar-refractivity contribution is 0.170. The van der Waals surface area contributed by atoms with Crippen molar-refractivity contribution in [2.24, 2.45) is 10.6 Å². The molecule has 3 heterocycles. The van der Waals surface area contributed by atoms with E-state index in [2.05, 4.69) is 44.1 Å². The summed E-state index contributed by atoms with van der Waals surface area (Å²) in [6.07, 6.45) is 7.22. The molecule has 37 heavy (non-hydrogen) atoms. The van der Waals surface area contributed by atoms with Crippen molar-refractivity contribution in [2.75, 3.05) is 29.5 Å². The number of nitrogens with zero attached hydrogens (tertiary/aromatic N) is 4. The molecule has 2 aliphatic rings. The molecule has 0 radical (unpaired) electrons. The summed E-state index contributed by atoms with van der Waals surface area (Å²) in [5.41, 5.74) is 15.0. The van der Waals surface area contributed by atoms with Crippen LogP contribution in [0.4, 0.5) is 17.5 Å². The fraction of sp³-hybridized carbons (Fsp3) is 0.423. The van der Waals surface area contributed by atoms with E-state index in [1.807, 2.05) is 13.8 Å². The molecule has 0 bridgehead atoms. The van der Waals surface area contributed by atoms with Crippen molar-refractivity contribution in [3.63, 3.8) is 0 Å². The van der Waals surface area contributed by atoms with E-state index in [0.717, 1.165) is 49.5 Å². The van der Waals surface area contributed by atoms with E-state index in [9.17, 15) is 4.21 Å². The molecule has 5 rings (SSSR count). The molecule has 1 unspecified atom stereocenters. The molecule has 1 fully saturated rings. The number of benzene rings is 1. The zero-order chi connectivity index (χ0) is 26.4. The van der Waals surface area contributed by atoms with Crippen LogP contribution in [0, 0.1) is 5.41 Å². The summed E-state index contributed by atoms with van der Waals surface area (Å²) < 4.78 is 11.9. The molecule has 1 spiro atoms. The molecule has 196 valence electrons. The van der Waals surface area contributed by atoms with E-state index in [-0.39, 0.29) is 11.2 Å². The molecule has 8 nitrogen and oxygen atoms in total. The number of pyridine rings is 1. The fourth-order valence-corrected chi connectivity index (χ4v) is 7.06. The van der Waals surface area contributed by atoms with Crippen LogP contribution in [-0.4, -0.2) is 37.0 Å². The molecule has 11 heteroatoms. The van der Waals surface area contributed by atoms with Gasteiger partial charge in [-0.05, 0) is 68.1 Å². The molecular weight excluding hydrogens is 526 g/mol. The molecule has 1 aliphatic carbocycles. The Balaban J connectivity index is 1.33. The Hall–Kier alpha value is -2.40. The highest BCUT2D eigenvalue weighted by Crippen LogP contribution is 2.56. The zero-order valence-electron chi connectivity index (χ0n) is 21.0. The molecule has 6 N–H and O–H groups in total. The Kier molecular flexibility index (Phi) is 7.12. The second-order valence-corrected chi connectivity index (χ2v) is 13.7. The van der Waals surface area contributed by atoms with E-state index in [0.29, 0.717) is 21.8 Å². The number of piperidine rings is 1. The van der Waals surface area contributed by atoms with E-state index in [1.165, 1.54) is 22.9 Å². The van der Waals surface area contributed by atoms with Crippen molar-refractivity contribution in [3.05, 3.63) is 58.9 Å². The van der Waals surface area contributed by atoms with E-state index >= 15 is 0 Å². The van der Waals surface area contributed by atoms with Gasteiger partial charge in [0.15, 0.2) is 5.82 Å². The van der Waals surface area contributed by atoms with Gasteiger partial charge in [-0.25, -0.2) is 19.2 Å². The average Bonchev–Trinajstić information content (AvgIpc) is 3.15. The second kappa shape index (κ2) is 10.1. The van der Waals surface area contributed by atoms with Crippen molar-refractivity contribution >= 4 is 51.8 Å². The SMILES string of the molecule is CC(C)(C[C@@H]1c2ccccc2CC12CCN(c1cnc(Sc3ccnc(N)c3Cl)c(N)n1)CC2)S(N)=O. The first-order valence-corrected chi connectivity index (χ1v) is 14.7. The topological polar surface area (TPSA) is 137 Å². The van der Waals surface area contributed by atoms with Gasteiger partial charge in [0.05, 0.1) is 27.0 Å². The monoisotopic (exact) mass is 557 g/mol. The molecule has 1 saturated heterocycles. The number of fused-ring (bicyclic) bond motifs is 1.